The molecular weight excluding hydrogens is 361 g/mol. The molecule has 1 aromatic carbocycles. The number of carbonyl (C=O) groups is 1. The van der Waals surface area contributed by atoms with Gasteiger partial charge in [0, 0.05) is 18.3 Å². The molecule has 0 aliphatic heterocycles. The van der Waals surface area contributed by atoms with Crippen molar-refractivity contribution in [3.8, 4) is 11.6 Å². The summed E-state index contributed by atoms with van der Waals surface area (Å²) in [7, 11) is 0. The number of nitrogens with zero attached hydrogens (tertiary/aromatic N) is 1. The van der Waals surface area contributed by atoms with E-state index >= 15 is 0 Å². The lowest BCUT2D eigenvalue weighted by atomic mass is 10.2. The predicted octanol–water partition coefficient (Wildman–Crippen LogP) is 4.32. The second kappa shape index (κ2) is 8.85. The van der Waals surface area contributed by atoms with E-state index in [1.54, 1.807) is 19.1 Å². The third-order valence-electron chi connectivity index (χ3n) is 3.52. The van der Waals surface area contributed by atoms with Gasteiger partial charge in [-0.05, 0) is 45.0 Å². The number of aromatic nitrogens is 1. The average molecular weight is 382 g/mol. The summed E-state index contributed by atoms with van der Waals surface area (Å²) >= 11 is 0. The Morgan fingerprint density at radius 1 is 1.19 bits per heavy atom. The summed E-state index contributed by atoms with van der Waals surface area (Å²) in [4.78, 5) is 16.1. The molecule has 0 unspecified atom stereocenters. The maximum Gasteiger partial charge on any atom is 0.416 e. The Kier molecular flexibility index (Phi) is 6.79. The number of amides is 1. The van der Waals surface area contributed by atoms with Gasteiger partial charge in [0.2, 0.25) is 11.8 Å². The number of hydrogen-bond donors (Lipinski definition) is 1. The van der Waals surface area contributed by atoms with E-state index in [0.717, 1.165) is 12.1 Å². The maximum atomic E-state index is 12.8. The molecule has 0 radical (unpaired) electrons. The van der Waals surface area contributed by atoms with Gasteiger partial charge in [-0.3, -0.25) is 4.79 Å². The van der Waals surface area contributed by atoms with Crippen LogP contribution in [0.3, 0.4) is 0 Å². The number of alkyl halides is 3. The van der Waals surface area contributed by atoms with Crippen molar-refractivity contribution in [1.82, 2.24) is 10.3 Å². The Labute approximate surface area is 155 Å². The van der Waals surface area contributed by atoms with Crippen molar-refractivity contribution in [2.24, 2.45) is 0 Å². The molecule has 5 nitrogen and oxygen atoms in total. The second-order valence-corrected chi connectivity index (χ2v) is 6.14. The second-order valence-electron chi connectivity index (χ2n) is 6.14. The first kappa shape index (κ1) is 20.7. The Hall–Kier alpha value is -2.61. The largest absolute Gasteiger partial charge is 0.439 e. The lowest BCUT2D eigenvalue weighted by Crippen LogP contribution is -2.35. The first-order valence-electron chi connectivity index (χ1n) is 8.39. The highest BCUT2D eigenvalue weighted by Crippen LogP contribution is 2.32. The standard InChI is InChI=1S/C19H21F3N2O3/c1-12(2)26-13(3)17(25)24-11-14-6-5-9-23-18(14)27-16-8-4-7-15(10-16)19(20,21)22/h4-10,12-13H,11H2,1-3H3,(H,24,25)/t13-/m1/s1. The topological polar surface area (TPSA) is 60.5 Å². The molecule has 0 bridgehead atoms. The van der Waals surface area contributed by atoms with Crippen molar-refractivity contribution in [3.05, 3.63) is 53.7 Å². The van der Waals surface area contributed by atoms with Crippen LogP contribution in [0.2, 0.25) is 0 Å². The van der Waals surface area contributed by atoms with Crippen molar-refractivity contribution in [3.63, 3.8) is 0 Å². The molecule has 2 aromatic rings. The van der Waals surface area contributed by atoms with Gasteiger partial charge < -0.3 is 14.8 Å². The van der Waals surface area contributed by atoms with Gasteiger partial charge in [0.05, 0.1) is 11.7 Å². The van der Waals surface area contributed by atoms with Crippen LogP contribution in [-0.4, -0.2) is 23.1 Å². The molecule has 2 rings (SSSR count). The third kappa shape index (κ3) is 6.25. The highest BCUT2D eigenvalue weighted by Gasteiger charge is 2.30. The molecule has 0 spiro atoms. The summed E-state index contributed by atoms with van der Waals surface area (Å²) in [5.74, 6) is -0.181. The molecule has 0 saturated heterocycles. The average Bonchev–Trinajstić information content (AvgIpc) is 2.59. The van der Waals surface area contributed by atoms with Crippen LogP contribution in [0, 0.1) is 0 Å². The maximum absolute atomic E-state index is 12.8. The van der Waals surface area contributed by atoms with Crippen molar-refractivity contribution >= 4 is 5.91 Å². The molecule has 0 saturated carbocycles. The van der Waals surface area contributed by atoms with Gasteiger partial charge in [-0.2, -0.15) is 13.2 Å². The van der Waals surface area contributed by atoms with E-state index in [9.17, 15) is 18.0 Å². The van der Waals surface area contributed by atoms with Crippen LogP contribution in [0.4, 0.5) is 13.2 Å². The number of nitrogens with one attached hydrogen (secondary N) is 1. The molecule has 0 fully saturated rings. The van der Waals surface area contributed by atoms with Crippen LogP contribution in [0.25, 0.3) is 0 Å². The van der Waals surface area contributed by atoms with Crippen LogP contribution < -0.4 is 10.1 Å². The molecule has 0 aliphatic carbocycles. The van der Waals surface area contributed by atoms with Crippen molar-refractivity contribution in [2.45, 2.75) is 45.7 Å². The van der Waals surface area contributed by atoms with Crippen molar-refractivity contribution in [1.29, 1.82) is 0 Å². The minimum atomic E-state index is -4.47. The molecule has 1 N–H and O–H groups in total. The first-order chi connectivity index (χ1) is 12.7. The van der Waals surface area contributed by atoms with Gasteiger partial charge in [-0.1, -0.05) is 12.1 Å². The van der Waals surface area contributed by atoms with Gasteiger partial charge in [-0.15, -0.1) is 0 Å². The minimum Gasteiger partial charge on any atom is -0.439 e. The number of rotatable bonds is 7. The normalized spacial score (nSPS) is 12.7. The lowest BCUT2D eigenvalue weighted by Gasteiger charge is -2.16. The van der Waals surface area contributed by atoms with Crippen LogP contribution in [-0.2, 0) is 22.3 Å². The van der Waals surface area contributed by atoms with Gasteiger partial charge in [-0.25, -0.2) is 4.98 Å². The zero-order chi connectivity index (χ0) is 20.0. The molecule has 0 aliphatic rings. The lowest BCUT2D eigenvalue weighted by molar-refractivity contribution is -0.137. The Bertz CT molecular complexity index is 779. The summed E-state index contributed by atoms with van der Waals surface area (Å²) in [5.41, 5.74) is -0.287. The number of benzene rings is 1. The van der Waals surface area contributed by atoms with Crippen LogP contribution >= 0.6 is 0 Å². The summed E-state index contributed by atoms with van der Waals surface area (Å²) in [5, 5.41) is 2.70. The Morgan fingerprint density at radius 2 is 1.93 bits per heavy atom. The van der Waals surface area contributed by atoms with Crippen molar-refractivity contribution in [2.75, 3.05) is 0 Å². The quantitative estimate of drug-likeness (QED) is 0.775. The number of hydrogen-bond acceptors (Lipinski definition) is 4. The Balaban J connectivity index is 2.09. The van der Waals surface area contributed by atoms with E-state index in [4.69, 9.17) is 9.47 Å². The number of pyridine rings is 1. The molecule has 1 atom stereocenters. The van der Waals surface area contributed by atoms with Gasteiger partial charge in [0.15, 0.2) is 0 Å². The highest BCUT2D eigenvalue weighted by atomic mass is 19.4. The highest BCUT2D eigenvalue weighted by molar-refractivity contribution is 5.80. The van der Waals surface area contributed by atoms with Crippen LogP contribution in [0.15, 0.2) is 42.6 Å². The first-order valence-corrected chi connectivity index (χ1v) is 8.39. The molecule has 1 amide bonds. The smallest absolute Gasteiger partial charge is 0.416 e. The van der Waals surface area contributed by atoms with Gasteiger partial charge in [0.25, 0.3) is 0 Å². The fourth-order valence-corrected chi connectivity index (χ4v) is 2.29. The van der Waals surface area contributed by atoms with E-state index in [1.165, 1.54) is 18.3 Å². The fourth-order valence-electron chi connectivity index (χ4n) is 2.29. The summed E-state index contributed by atoms with van der Waals surface area (Å²) in [6.45, 7) is 5.39. The molecule has 8 heteroatoms. The molecule has 146 valence electrons. The minimum absolute atomic E-state index is 0.00705. The van der Waals surface area contributed by atoms with Crippen LogP contribution in [0.5, 0.6) is 11.6 Å². The van der Waals surface area contributed by atoms with Gasteiger partial charge >= 0.3 is 6.18 Å². The van der Waals surface area contributed by atoms with E-state index in [-0.39, 0.29) is 30.2 Å². The summed E-state index contributed by atoms with van der Waals surface area (Å²) in [6, 6.07) is 7.84. The fraction of sp³-hybridized carbons (Fsp3) is 0.368. The zero-order valence-corrected chi connectivity index (χ0v) is 15.2. The van der Waals surface area contributed by atoms with Crippen molar-refractivity contribution < 1.29 is 27.4 Å². The number of halogens is 3. The summed E-state index contributed by atoms with van der Waals surface area (Å²) < 4.78 is 49.4. The predicted molar refractivity (Wildman–Crippen MR) is 93.3 cm³/mol. The molecule has 27 heavy (non-hydrogen) atoms. The number of ether oxygens (including phenoxy) is 2. The Morgan fingerprint density at radius 3 is 2.59 bits per heavy atom. The van der Waals surface area contributed by atoms with E-state index in [1.807, 2.05) is 13.8 Å². The zero-order valence-electron chi connectivity index (χ0n) is 15.2. The van der Waals surface area contributed by atoms with E-state index in [0.29, 0.717) is 5.56 Å². The SMILES string of the molecule is CC(C)O[C@H](C)C(=O)NCc1cccnc1Oc1cccc(C(F)(F)F)c1. The van der Waals surface area contributed by atoms with E-state index in [2.05, 4.69) is 10.3 Å². The summed E-state index contributed by atoms with van der Waals surface area (Å²) in [6.07, 6.45) is -3.73. The molecule has 1 aromatic heterocycles. The monoisotopic (exact) mass is 382 g/mol. The molecule has 1 heterocycles. The molecular formula is C19H21F3N2O3. The number of carbonyl (C=O) groups excluding carboxylic acids is 1. The van der Waals surface area contributed by atoms with Gasteiger partial charge in [0.1, 0.15) is 11.9 Å². The van der Waals surface area contributed by atoms with Crippen LogP contribution in [0.1, 0.15) is 31.9 Å². The third-order valence-corrected chi connectivity index (χ3v) is 3.52. The van der Waals surface area contributed by atoms with E-state index < -0.39 is 17.8 Å².